The van der Waals surface area contributed by atoms with Crippen molar-refractivity contribution in [1.29, 1.82) is 0 Å². The molecule has 166 valence electrons. The predicted molar refractivity (Wildman–Crippen MR) is 114 cm³/mol. The number of aromatic nitrogens is 1. The van der Waals surface area contributed by atoms with Crippen molar-refractivity contribution in [1.82, 2.24) is 20.6 Å². The van der Waals surface area contributed by atoms with Crippen molar-refractivity contribution in [3.05, 3.63) is 36.0 Å². The molecule has 1 aromatic heterocycles. The quantitative estimate of drug-likeness (QED) is 0.289. The summed E-state index contributed by atoms with van der Waals surface area (Å²) < 4.78 is 1.73. The first kappa shape index (κ1) is 23.4. The van der Waals surface area contributed by atoms with E-state index in [1.165, 1.54) is 0 Å². The smallest absolute Gasteiger partial charge is 0.332 e. The van der Waals surface area contributed by atoms with Crippen LogP contribution in [0.25, 0.3) is 10.9 Å². The number of carboxylic acid groups (broad SMARTS) is 1. The van der Waals surface area contributed by atoms with Gasteiger partial charge in [0.15, 0.2) is 0 Å². The Hall–Kier alpha value is -3.89. The first-order valence-corrected chi connectivity index (χ1v) is 9.56. The van der Waals surface area contributed by atoms with E-state index in [1.54, 1.807) is 31.5 Å². The van der Waals surface area contributed by atoms with Crippen LogP contribution < -0.4 is 21.8 Å². The summed E-state index contributed by atoms with van der Waals surface area (Å²) in [5.41, 5.74) is 8.10. The van der Waals surface area contributed by atoms with Crippen LogP contribution in [-0.4, -0.2) is 51.8 Å². The molecule has 0 saturated carbocycles. The van der Waals surface area contributed by atoms with Gasteiger partial charge < -0.3 is 26.0 Å². The zero-order valence-electron chi connectivity index (χ0n) is 17.5. The number of carbonyl (C=O) groups is 4. The number of hydrogen-bond donors (Lipinski definition) is 5. The van der Waals surface area contributed by atoms with E-state index in [-0.39, 0.29) is 5.92 Å². The molecule has 2 rings (SSSR count). The molecule has 0 radical (unpaired) electrons. The van der Waals surface area contributed by atoms with Crippen molar-refractivity contribution < 1.29 is 24.3 Å². The summed E-state index contributed by atoms with van der Waals surface area (Å²) in [5, 5.41) is 18.7. The summed E-state index contributed by atoms with van der Waals surface area (Å²) in [4.78, 5) is 47.5. The third kappa shape index (κ3) is 6.29. The molecule has 0 aliphatic carbocycles. The van der Waals surface area contributed by atoms with Gasteiger partial charge in [-0.1, -0.05) is 32.0 Å². The zero-order valence-corrected chi connectivity index (χ0v) is 17.5. The molecular weight excluding hydrogens is 404 g/mol. The van der Waals surface area contributed by atoms with E-state index >= 15 is 0 Å². The summed E-state index contributed by atoms with van der Waals surface area (Å²) in [6.45, 7) is 3.50. The topological polar surface area (TPSA) is 168 Å². The van der Waals surface area contributed by atoms with Gasteiger partial charge in [0, 0.05) is 24.2 Å². The van der Waals surface area contributed by atoms with Crippen LogP contribution in [0.5, 0.6) is 0 Å². The minimum absolute atomic E-state index is 0.287. The van der Waals surface area contributed by atoms with Crippen LogP contribution in [0.2, 0.25) is 0 Å². The third-order valence-corrected chi connectivity index (χ3v) is 4.57. The lowest BCUT2D eigenvalue weighted by molar-refractivity contribution is -0.137. The van der Waals surface area contributed by atoms with Gasteiger partial charge in [-0.15, -0.1) is 0 Å². The molecule has 6 N–H and O–H groups in total. The standard InChI is InChI=1S/C20H26N6O5/c1-11(2)17(19(30)23-13(9-16(27)28)10-22-25-20(21)31)24-18(29)15-8-12-6-4-5-7-14(12)26(15)3/h4-8,10-11,13,17H,9H2,1-3H3,(H,23,30)(H,24,29)(H,27,28)(H3,21,25,31)/t13-,17-/m0/s1. The van der Waals surface area contributed by atoms with Crippen molar-refractivity contribution in [2.75, 3.05) is 0 Å². The van der Waals surface area contributed by atoms with Crippen molar-refractivity contribution >= 4 is 40.9 Å². The third-order valence-electron chi connectivity index (χ3n) is 4.57. The van der Waals surface area contributed by atoms with Crippen molar-refractivity contribution in [2.24, 2.45) is 23.8 Å². The number of benzene rings is 1. The van der Waals surface area contributed by atoms with Gasteiger partial charge in [0.1, 0.15) is 11.7 Å². The van der Waals surface area contributed by atoms with Gasteiger partial charge in [-0.25, -0.2) is 10.2 Å². The minimum Gasteiger partial charge on any atom is -0.481 e. The summed E-state index contributed by atoms with van der Waals surface area (Å²) in [6.07, 6.45) is 0.581. The van der Waals surface area contributed by atoms with Crippen LogP contribution in [-0.2, 0) is 16.6 Å². The lowest BCUT2D eigenvalue weighted by Gasteiger charge is -2.23. The maximum atomic E-state index is 12.9. The van der Waals surface area contributed by atoms with Crippen molar-refractivity contribution in [3.8, 4) is 0 Å². The highest BCUT2D eigenvalue weighted by atomic mass is 16.4. The number of urea groups is 1. The molecule has 1 heterocycles. The lowest BCUT2D eigenvalue weighted by Crippen LogP contribution is -2.53. The van der Waals surface area contributed by atoms with E-state index in [2.05, 4.69) is 15.7 Å². The average Bonchev–Trinajstić information content (AvgIpc) is 3.01. The highest BCUT2D eigenvalue weighted by Gasteiger charge is 2.28. The summed E-state index contributed by atoms with van der Waals surface area (Å²) in [6, 6.07) is 6.35. The second-order valence-electron chi connectivity index (χ2n) is 7.31. The highest BCUT2D eigenvalue weighted by molar-refractivity contribution is 6.01. The number of aliphatic carboxylic acids is 1. The fourth-order valence-corrected chi connectivity index (χ4v) is 3.05. The van der Waals surface area contributed by atoms with Gasteiger partial charge in [-0.3, -0.25) is 14.4 Å². The number of para-hydroxylation sites is 1. The second-order valence-corrected chi connectivity index (χ2v) is 7.31. The number of rotatable bonds is 9. The normalized spacial score (nSPS) is 13.2. The zero-order chi connectivity index (χ0) is 23.1. The molecule has 11 heteroatoms. The molecule has 11 nitrogen and oxygen atoms in total. The van der Waals surface area contributed by atoms with E-state index in [9.17, 15) is 19.2 Å². The van der Waals surface area contributed by atoms with Crippen molar-refractivity contribution in [3.63, 3.8) is 0 Å². The van der Waals surface area contributed by atoms with Crippen LogP contribution in [0.3, 0.4) is 0 Å². The number of aryl methyl sites for hydroxylation is 1. The Morgan fingerprint density at radius 3 is 2.45 bits per heavy atom. The van der Waals surface area contributed by atoms with Gasteiger partial charge >= 0.3 is 12.0 Å². The molecule has 1 aromatic carbocycles. The van der Waals surface area contributed by atoms with Gasteiger partial charge in [0.25, 0.3) is 5.91 Å². The predicted octanol–water partition coefficient (Wildman–Crippen LogP) is 0.546. The Balaban J connectivity index is 2.17. The first-order chi connectivity index (χ1) is 14.6. The molecule has 31 heavy (non-hydrogen) atoms. The van der Waals surface area contributed by atoms with Crippen LogP contribution >= 0.6 is 0 Å². The Morgan fingerprint density at radius 1 is 1.19 bits per heavy atom. The van der Waals surface area contributed by atoms with Gasteiger partial charge in [0.2, 0.25) is 5.91 Å². The number of nitrogens with zero attached hydrogens (tertiary/aromatic N) is 2. The van der Waals surface area contributed by atoms with Gasteiger partial charge in [0.05, 0.1) is 12.5 Å². The van der Waals surface area contributed by atoms with E-state index in [0.29, 0.717) is 5.69 Å². The number of nitrogens with one attached hydrogen (secondary N) is 3. The van der Waals surface area contributed by atoms with Crippen LogP contribution in [0.15, 0.2) is 35.4 Å². The Kier molecular flexibility index (Phi) is 7.72. The number of carbonyl (C=O) groups excluding carboxylic acids is 3. The Labute approximate surface area is 178 Å². The van der Waals surface area contributed by atoms with Gasteiger partial charge in [-0.2, -0.15) is 5.10 Å². The second kappa shape index (κ2) is 10.2. The molecule has 2 atom stereocenters. The van der Waals surface area contributed by atoms with E-state index < -0.39 is 42.3 Å². The minimum atomic E-state index is -1.18. The number of amides is 4. The average molecular weight is 430 g/mol. The molecule has 2 aromatic rings. The fourth-order valence-electron chi connectivity index (χ4n) is 3.05. The van der Waals surface area contributed by atoms with Crippen molar-refractivity contribution in [2.45, 2.75) is 32.4 Å². The molecule has 0 spiro atoms. The number of primary amides is 1. The molecule has 0 unspecified atom stereocenters. The number of hydrazone groups is 1. The number of hydrogen-bond acceptors (Lipinski definition) is 5. The molecule has 0 saturated heterocycles. The highest BCUT2D eigenvalue weighted by Crippen LogP contribution is 2.18. The molecule has 0 aliphatic rings. The Bertz CT molecular complexity index is 1010. The first-order valence-electron chi connectivity index (χ1n) is 9.56. The molecule has 0 bridgehead atoms. The molecule has 4 amide bonds. The molecular formula is C20H26N6O5. The molecule has 0 aliphatic heterocycles. The maximum absolute atomic E-state index is 12.9. The summed E-state index contributed by atoms with van der Waals surface area (Å²) in [7, 11) is 1.76. The van der Waals surface area contributed by atoms with Crippen LogP contribution in [0.4, 0.5) is 4.79 Å². The van der Waals surface area contributed by atoms with Crippen LogP contribution in [0, 0.1) is 5.92 Å². The summed E-state index contributed by atoms with van der Waals surface area (Å²) in [5.74, 6) is -2.49. The maximum Gasteiger partial charge on any atom is 0.332 e. The SMILES string of the molecule is CC(C)[C@H](NC(=O)c1cc2ccccc2n1C)C(=O)N[C@H](C=NNC(N)=O)CC(=O)O. The Morgan fingerprint density at radius 2 is 1.87 bits per heavy atom. The number of fused-ring (bicyclic) bond motifs is 1. The number of carboxylic acids is 1. The fraction of sp³-hybridized carbons (Fsp3) is 0.350. The summed E-state index contributed by atoms with van der Waals surface area (Å²) >= 11 is 0. The van der Waals surface area contributed by atoms with E-state index in [1.807, 2.05) is 29.7 Å². The molecule has 0 fully saturated rings. The monoisotopic (exact) mass is 430 g/mol. The van der Waals surface area contributed by atoms with E-state index in [0.717, 1.165) is 17.1 Å². The lowest BCUT2D eigenvalue weighted by atomic mass is 10.0. The van der Waals surface area contributed by atoms with Gasteiger partial charge in [-0.05, 0) is 18.1 Å². The van der Waals surface area contributed by atoms with E-state index in [4.69, 9.17) is 10.8 Å². The number of nitrogens with two attached hydrogens (primary N) is 1. The van der Waals surface area contributed by atoms with Crippen LogP contribution in [0.1, 0.15) is 30.8 Å². The largest absolute Gasteiger partial charge is 0.481 e.